The van der Waals surface area contributed by atoms with Gasteiger partial charge in [-0.15, -0.1) is 0 Å². The summed E-state index contributed by atoms with van der Waals surface area (Å²) in [5.74, 6) is 0.950. The number of nitrogens with zero attached hydrogens (tertiary/aromatic N) is 4. The molecule has 0 unspecified atom stereocenters. The van der Waals surface area contributed by atoms with E-state index in [0.717, 1.165) is 30.1 Å². The molecular weight excluding hydrogens is 522 g/mol. The van der Waals surface area contributed by atoms with Gasteiger partial charge < -0.3 is 31.7 Å². The van der Waals surface area contributed by atoms with E-state index in [-0.39, 0.29) is 23.5 Å². The van der Waals surface area contributed by atoms with E-state index in [1.807, 2.05) is 32.0 Å². The number of anilines is 4. The van der Waals surface area contributed by atoms with Crippen molar-refractivity contribution >= 4 is 40.8 Å². The van der Waals surface area contributed by atoms with Crippen molar-refractivity contribution in [3.05, 3.63) is 78.4 Å². The van der Waals surface area contributed by atoms with Crippen LogP contribution in [0.4, 0.5) is 23.4 Å². The number of hydrogen-bond donors (Lipinski definition) is 5. The molecule has 12 heteroatoms. The number of carbonyl (C=O) groups excluding carboxylic acids is 2. The third-order valence-corrected chi connectivity index (χ3v) is 6.30. The summed E-state index contributed by atoms with van der Waals surface area (Å²) < 4.78 is 5.46. The van der Waals surface area contributed by atoms with E-state index in [0.29, 0.717) is 43.2 Å². The topological polar surface area (TPSA) is 169 Å². The van der Waals surface area contributed by atoms with Crippen molar-refractivity contribution in [1.29, 1.82) is 0 Å². The van der Waals surface area contributed by atoms with Gasteiger partial charge in [-0.25, -0.2) is 4.98 Å². The van der Waals surface area contributed by atoms with Crippen LogP contribution in [0, 0.1) is 5.92 Å². The highest BCUT2D eigenvalue weighted by atomic mass is 16.5. The largest absolute Gasteiger partial charge is 0.404 e. The summed E-state index contributed by atoms with van der Waals surface area (Å²) in [6.45, 7) is 9.27. The molecule has 12 nitrogen and oxygen atoms in total. The molecule has 1 aromatic carbocycles. The fourth-order valence-electron chi connectivity index (χ4n) is 4.14. The van der Waals surface area contributed by atoms with Crippen molar-refractivity contribution in [2.75, 3.05) is 34.5 Å². The normalized spacial score (nSPS) is 13.9. The number of ether oxygens (including phenoxy) is 1. The summed E-state index contributed by atoms with van der Waals surface area (Å²) >= 11 is 0. The Morgan fingerprint density at radius 1 is 1.05 bits per heavy atom. The van der Waals surface area contributed by atoms with Gasteiger partial charge in [0.1, 0.15) is 11.5 Å². The van der Waals surface area contributed by atoms with E-state index in [2.05, 4.69) is 47.8 Å². The minimum absolute atomic E-state index is 0.125. The number of carbonyl (C=O) groups is 2. The Labute approximate surface area is 238 Å². The molecule has 0 spiro atoms. The molecule has 4 rings (SSSR count). The molecule has 2 amide bonds. The molecule has 0 aliphatic carbocycles. The summed E-state index contributed by atoms with van der Waals surface area (Å²) in [7, 11) is 0. The number of benzene rings is 1. The molecule has 0 saturated carbocycles. The van der Waals surface area contributed by atoms with Gasteiger partial charge in [0.15, 0.2) is 5.82 Å². The predicted octanol–water partition coefficient (Wildman–Crippen LogP) is 3.80. The lowest BCUT2D eigenvalue weighted by Crippen LogP contribution is -2.29. The number of nitrogens with two attached hydrogens (primary N) is 1. The van der Waals surface area contributed by atoms with Gasteiger partial charge in [-0.05, 0) is 54.7 Å². The van der Waals surface area contributed by atoms with Gasteiger partial charge >= 0.3 is 0 Å². The first-order chi connectivity index (χ1) is 19.8. The number of amides is 2. The van der Waals surface area contributed by atoms with E-state index in [1.165, 1.54) is 6.20 Å². The fraction of sp³-hybridized carbons (Fsp3) is 0.310. The molecule has 0 atom stereocenters. The predicted molar refractivity (Wildman–Crippen MR) is 159 cm³/mol. The van der Waals surface area contributed by atoms with Gasteiger partial charge in [0.25, 0.3) is 5.91 Å². The van der Waals surface area contributed by atoms with Crippen LogP contribution in [0.1, 0.15) is 48.6 Å². The monoisotopic (exact) mass is 557 g/mol. The van der Waals surface area contributed by atoms with E-state index in [9.17, 15) is 9.59 Å². The van der Waals surface area contributed by atoms with Gasteiger partial charge in [0.2, 0.25) is 17.8 Å². The van der Waals surface area contributed by atoms with Crippen molar-refractivity contribution in [1.82, 2.24) is 19.9 Å². The first-order valence-corrected chi connectivity index (χ1v) is 13.4. The van der Waals surface area contributed by atoms with Crippen LogP contribution in [-0.4, -0.2) is 51.0 Å². The molecule has 1 aliphatic heterocycles. The van der Waals surface area contributed by atoms with E-state index in [4.69, 9.17) is 10.5 Å². The molecule has 3 aromatic rings. The smallest absolute Gasteiger partial charge is 0.274 e. The Hall–Kier alpha value is -4.84. The minimum Gasteiger partial charge on any atom is -0.404 e. The van der Waals surface area contributed by atoms with Crippen LogP contribution in [-0.2, 0) is 16.1 Å². The Morgan fingerprint density at radius 3 is 2.54 bits per heavy atom. The number of nitrogens with one attached hydrogen (secondary N) is 4. The molecule has 6 N–H and O–H groups in total. The molecule has 1 fully saturated rings. The zero-order valence-electron chi connectivity index (χ0n) is 23.2. The molecular formula is C29H35N9O3. The van der Waals surface area contributed by atoms with Crippen molar-refractivity contribution in [3.8, 4) is 0 Å². The second-order valence-electron chi connectivity index (χ2n) is 9.72. The van der Waals surface area contributed by atoms with Crippen molar-refractivity contribution in [3.63, 3.8) is 0 Å². The third kappa shape index (κ3) is 8.32. The maximum atomic E-state index is 12.8. The number of pyridine rings is 1. The highest BCUT2D eigenvalue weighted by Crippen LogP contribution is 2.22. The fourth-order valence-corrected chi connectivity index (χ4v) is 4.14. The molecule has 3 heterocycles. The van der Waals surface area contributed by atoms with Gasteiger partial charge in [-0.1, -0.05) is 38.6 Å². The Bertz CT molecular complexity index is 1420. The van der Waals surface area contributed by atoms with Gasteiger partial charge in [0, 0.05) is 43.3 Å². The Kier molecular flexibility index (Phi) is 9.94. The highest BCUT2D eigenvalue weighted by Gasteiger charge is 2.18. The Morgan fingerprint density at radius 2 is 1.80 bits per heavy atom. The summed E-state index contributed by atoms with van der Waals surface area (Å²) in [6.07, 6.45) is 4.41. The number of hydrogen-bond acceptors (Lipinski definition) is 10. The van der Waals surface area contributed by atoms with E-state index in [1.54, 1.807) is 24.3 Å². The summed E-state index contributed by atoms with van der Waals surface area (Å²) in [5, 5.41) is 12.1. The van der Waals surface area contributed by atoms with Crippen LogP contribution in [0.5, 0.6) is 0 Å². The lowest BCUT2D eigenvalue weighted by Gasteiger charge is -2.23. The molecule has 1 aliphatic rings. The van der Waals surface area contributed by atoms with E-state index < -0.39 is 11.8 Å². The minimum atomic E-state index is -0.412. The number of aromatic nitrogens is 4. The Balaban J connectivity index is 1.46. The lowest BCUT2D eigenvalue weighted by molar-refractivity contribution is -0.111. The first-order valence-electron chi connectivity index (χ1n) is 13.4. The van der Waals surface area contributed by atoms with Crippen molar-refractivity contribution in [2.45, 2.75) is 39.3 Å². The van der Waals surface area contributed by atoms with Crippen LogP contribution in [0.25, 0.3) is 5.57 Å². The summed E-state index contributed by atoms with van der Waals surface area (Å²) in [4.78, 5) is 42.4. The van der Waals surface area contributed by atoms with Crippen LogP contribution in [0.3, 0.4) is 0 Å². The average Bonchev–Trinajstić information content (AvgIpc) is 2.97. The summed E-state index contributed by atoms with van der Waals surface area (Å²) in [6, 6.07) is 12.4. The maximum absolute atomic E-state index is 12.8. The second-order valence-corrected chi connectivity index (χ2v) is 9.72. The number of rotatable bonds is 11. The molecule has 0 bridgehead atoms. The second kappa shape index (κ2) is 14.0. The maximum Gasteiger partial charge on any atom is 0.274 e. The van der Waals surface area contributed by atoms with Gasteiger partial charge in [-0.3, -0.25) is 9.59 Å². The molecule has 214 valence electrons. The van der Waals surface area contributed by atoms with Crippen LogP contribution in [0.15, 0.2) is 61.3 Å². The van der Waals surface area contributed by atoms with Crippen LogP contribution >= 0.6 is 0 Å². The standard InChI is InChI=1S/C29H35N9O3/c1-4-25(39)35-24-10-6-9-23(34-24)27(40)32-21-8-5-7-19(15-21)17-31-28-36-26(22(16-30)18(2)3)37-29(38-28)33-20-11-13-41-14-12-20/h4-10,15-16,18,20H,1,11-14,17,30H2,2-3H3,(H,32,40)(H,34,35,39)(H2,31,33,36,37,38). The van der Waals surface area contributed by atoms with Crippen LogP contribution in [0.2, 0.25) is 0 Å². The van der Waals surface area contributed by atoms with Crippen LogP contribution < -0.4 is 27.0 Å². The average molecular weight is 558 g/mol. The molecule has 0 radical (unpaired) electrons. The highest BCUT2D eigenvalue weighted by molar-refractivity contribution is 6.04. The van der Waals surface area contributed by atoms with Crippen molar-refractivity contribution < 1.29 is 14.3 Å². The number of allylic oxidation sites excluding steroid dienone is 1. The molecule has 1 saturated heterocycles. The zero-order valence-corrected chi connectivity index (χ0v) is 23.2. The first kappa shape index (κ1) is 29.2. The SMILES string of the molecule is C=CC(=O)Nc1cccc(C(=O)Nc2cccc(CNc3nc(NC4CCOCC4)nc(C(=CN)C(C)C)n3)c2)n1. The zero-order chi connectivity index (χ0) is 29.2. The molecule has 41 heavy (non-hydrogen) atoms. The molecule has 2 aromatic heterocycles. The van der Waals surface area contributed by atoms with Gasteiger partial charge in [-0.2, -0.15) is 15.0 Å². The van der Waals surface area contributed by atoms with Crippen molar-refractivity contribution in [2.24, 2.45) is 11.7 Å². The third-order valence-electron chi connectivity index (χ3n) is 6.30. The lowest BCUT2D eigenvalue weighted by atomic mass is 10.0. The van der Waals surface area contributed by atoms with E-state index >= 15 is 0 Å². The summed E-state index contributed by atoms with van der Waals surface area (Å²) in [5.41, 5.74) is 8.36. The van der Waals surface area contributed by atoms with Gasteiger partial charge in [0.05, 0.1) is 0 Å². The quantitative estimate of drug-likeness (QED) is 0.219.